The van der Waals surface area contributed by atoms with Crippen LogP contribution in [-0.4, -0.2) is 46.9 Å². The number of benzene rings is 2. The maximum absolute atomic E-state index is 12.3. The molecule has 3 amide bonds. The summed E-state index contributed by atoms with van der Waals surface area (Å²) in [6, 6.07) is 14.9. The Hall–Kier alpha value is -3.68. The van der Waals surface area contributed by atoms with Gasteiger partial charge in [0.2, 0.25) is 11.8 Å². The van der Waals surface area contributed by atoms with Crippen molar-refractivity contribution in [2.75, 3.05) is 24.5 Å². The van der Waals surface area contributed by atoms with Crippen molar-refractivity contribution >= 4 is 34.4 Å². The van der Waals surface area contributed by atoms with Crippen LogP contribution >= 0.6 is 0 Å². The van der Waals surface area contributed by atoms with E-state index in [1.54, 1.807) is 29.2 Å². The van der Waals surface area contributed by atoms with Crippen LogP contribution in [-0.2, 0) is 16.1 Å². The first-order chi connectivity index (χ1) is 15.5. The van der Waals surface area contributed by atoms with E-state index in [2.05, 4.69) is 20.2 Å². The number of nitrogens with one attached hydrogen (secondary N) is 2. The predicted molar refractivity (Wildman–Crippen MR) is 122 cm³/mol. The van der Waals surface area contributed by atoms with E-state index in [1.165, 1.54) is 0 Å². The van der Waals surface area contributed by atoms with Crippen LogP contribution in [0, 0.1) is 6.92 Å². The summed E-state index contributed by atoms with van der Waals surface area (Å²) in [6.07, 6.45) is 2.18. The number of carbonyl (C=O) groups excluding carboxylic acids is 3. The van der Waals surface area contributed by atoms with E-state index in [4.69, 9.17) is 0 Å². The highest BCUT2D eigenvalue weighted by molar-refractivity contribution is 5.98. The van der Waals surface area contributed by atoms with E-state index < -0.39 is 0 Å². The molecule has 3 aromatic rings. The van der Waals surface area contributed by atoms with E-state index in [9.17, 15) is 14.4 Å². The van der Waals surface area contributed by atoms with Crippen molar-refractivity contribution in [2.45, 2.75) is 32.7 Å². The highest BCUT2D eigenvalue weighted by atomic mass is 16.2. The van der Waals surface area contributed by atoms with E-state index in [1.807, 2.05) is 31.2 Å². The van der Waals surface area contributed by atoms with Gasteiger partial charge in [-0.1, -0.05) is 12.1 Å². The van der Waals surface area contributed by atoms with Crippen LogP contribution < -0.4 is 15.5 Å². The van der Waals surface area contributed by atoms with Gasteiger partial charge < -0.3 is 20.1 Å². The zero-order valence-electron chi connectivity index (χ0n) is 18.1. The van der Waals surface area contributed by atoms with Crippen molar-refractivity contribution in [3.05, 3.63) is 59.9 Å². The van der Waals surface area contributed by atoms with E-state index in [-0.39, 0.29) is 24.3 Å². The molecule has 1 aliphatic rings. The van der Waals surface area contributed by atoms with Gasteiger partial charge in [-0.05, 0) is 56.2 Å². The molecule has 1 aliphatic heterocycles. The second-order valence-corrected chi connectivity index (χ2v) is 7.88. The first-order valence-electron chi connectivity index (χ1n) is 10.9. The molecule has 1 fully saturated rings. The minimum absolute atomic E-state index is 0.0851. The topological polar surface area (TPSA) is 96.3 Å². The van der Waals surface area contributed by atoms with E-state index in [0.29, 0.717) is 25.1 Å². The quantitative estimate of drug-likeness (QED) is 0.533. The van der Waals surface area contributed by atoms with Gasteiger partial charge in [0.15, 0.2) is 0 Å². The number of nitrogens with zero attached hydrogens (tertiary/aromatic N) is 3. The van der Waals surface area contributed by atoms with Crippen molar-refractivity contribution < 1.29 is 14.4 Å². The average Bonchev–Trinajstić information content (AvgIpc) is 3.37. The molecular weight excluding hydrogens is 406 g/mol. The number of aryl methyl sites for hydroxylation is 2. The van der Waals surface area contributed by atoms with Crippen molar-refractivity contribution in [1.29, 1.82) is 0 Å². The SMILES string of the molecule is Cc1nc2ccccc2n1CCCNC(=O)CNC(=O)c1ccc(N2CCCC2=O)cc1. The lowest BCUT2D eigenvalue weighted by Gasteiger charge is -2.15. The third-order valence-corrected chi connectivity index (χ3v) is 5.65. The lowest BCUT2D eigenvalue weighted by molar-refractivity contribution is -0.120. The summed E-state index contributed by atoms with van der Waals surface area (Å²) in [6.45, 7) is 3.87. The zero-order chi connectivity index (χ0) is 22.5. The summed E-state index contributed by atoms with van der Waals surface area (Å²) in [5.74, 6) is 0.505. The molecule has 2 N–H and O–H groups in total. The van der Waals surface area contributed by atoms with Gasteiger partial charge in [0.1, 0.15) is 5.82 Å². The first-order valence-corrected chi connectivity index (χ1v) is 10.9. The predicted octanol–water partition coefficient (Wildman–Crippen LogP) is 2.41. The van der Waals surface area contributed by atoms with Gasteiger partial charge in [0.25, 0.3) is 5.91 Å². The Morgan fingerprint density at radius 3 is 2.59 bits per heavy atom. The number of imidazole rings is 1. The smallest absolute Gasteiger partial charge is 0.251 e. The summed E-state index contributed by atoms with van der Waals surface area (Å²) in [7, 11) is 0. The molecule has 1 saturated heterocycles. The lowest BCUT2D eigenvalue weighted by atomic mass is 10.2. The third-order valence-electron chi connectivity index (χ3n) is 5.65. The number of anilines is 1. The fourth-order valence-corrected chi connectivity index (χ4v) is 3.98. The summed E-state index contributed by atoms with van der Waals surface area (Å²) < 4.78 is 2.14. The standard InChI is InChI=1S/C24H27N5O3/c1-17-27-20-6-2-3-7-21(20)28(17)15-5-13-25-22(30)16-26-24(32)18-9-11-19(12-10-18)29-14-4-8-23(29)31/h2-3,6-7,9-12H,4-5,8,13-16H2,1H3,(H,25,30)(H,26,32). The molecule has 0 atom stereocenters. The van der Waals surface area contributed by atoms with Crippen molar-refractivity contribution in [1.82, 2.24) is 20.2 Å². The van der Waals surface area contributed by atoms with Gasteiger partial charge in [-0.2, -0.15) is 0 Å². The van der Waals surface area contributed by atoms with Crippen molar-refractivity contribution in [3.63, 3.8) is 0 Å². The van der Waals surface area contributed by atoms with Crippen molar-refractivity contribution in [3.8, 4) is 0 Å². The number of carbonyl (C=O) groups is 3. The van der Waals surface area contributed by atoms with Gasteiger partial charge in [-0.25, -0.2) is 4.98 Å². The van der Waals surface area contributed by atoms with Gasteiger partial charge in [0.05, 0.1) is 17.6 Å². The molecule has 0 radical (unpaired) electrons. The molecule has 0 spiro atoms. The van der Waals surface area contributed by atoms with E-state index >= 15 is 0 Å². The van der Waals surface area contributed by atoms with Gasteiger partial charge in [-0.3, -0.25) is 14.4 Å². The number of fused-ring (bicyclic) bond motifs is 1. The minimum atomic E-state index is -0.319. The molecule has 2 heterocycles. The number of rotatable bonds is 8. The Morgan fingerprint density at radius 1 is 1.06 bits per heavy atom. The molecule has 32 heavy (non-hydrogen) atoms. The zero-order valence-corrected chi connectivity index (χ0v) is 18.1. The highest BCUT2D eigenvalue weighted by Crippen LogP contribution is 2.21. The largest absolute Gasteiger partial charge is 0.355 e. The average molecular weight is 434 g/mol. The number of hydrogen-bond donors (Lipinski definition) is 2. The second-order valence-electron chi connectivity index (χ2n) is 7.88. The number of hydrogen-bond acceptors (Lipinski definition) is 4. The second kappa shape index (κ2) is 9.64. The molecule has 8 nitrogen and oxygen atoms in total. The molecule has 0 saturated carbocycles. The molecule has 2 aromatic carbocycles. The van der Waals surface area contributed by atoms with Crippen LogP contribution in [0.1, 0.15) is 35.4 Å². The maximum atomic E-state index is 12.3. The van der Waals surface area contributed by atoms with E-state index in [0.717, 1.165) is 41.9 Å². The van der Waals surface area contributed by atoms with Gasteiger partial charge in [-0.15, -0.1) is 0 Å². The molecule has 166 valence electrons. The fourth-order valence-electron chi connectivity index (χ4n) is 3.98. The molecule has 4 rings (SSSR count). The van der Waals surface area contributed by atoms with Crippen LogP contribution in [0.5, 0.6) is 0 Å². The summed E-state index contributed by atoms with van der Waals surface area (Å²) >= 11 is 0. The Labute approximate surface area is 186 Å². The van der Waals surface area contributed by atoms with Crippen molar-refractivity contribution in [2.24, 2.45) is 0 Å². The highest BCUT2D eigenvalue weighted by Gasteiger charge is 2.21. The third kappa shape index (κ3) is 4.80. The van der Waals surface area contributed by atoms with Crippen LogP contribution in [0.3, 0.4) is 0 Å². The Morgan fingerprint density at radius 2 is 1.84 bits per heavy atom. The molecule has 0 aliphatic carbocycles. The normalized spacial score (nSPS) is 13.5. The summed E-state index contributed by atoms with van der Waals surface area (Å²) in [4.78, 5) is 42.5. The van der Waals surface area contributed by atoms with Crippen LogP contribution in [0.15, 0.2) is 48.5 Å². The molecule has 8 heteroatoms. The maximum Gasteiger partial charge on any atom is 0.251 e. The number of para-hydroxylation sites is 2. The van der Waals surface area contributed by atoms with Crippen LogP contribution in [0.4, 0.5) is 5.69 Å². The minimum Gasteiger partial charge on any atom is -0.355 e. The Balaban J connectivity index is 1.20. The lowest BCUT2D eigenvalue weighted by Crippen LogP contribution is -2.37. The number of aromatic nitrogens is 2. The summed E-state index contributed by atoms with van der Waals surface area (Å²) in [5, 5.41) is 5.48. The monoisotopic (exact) mass is 433 g/mol. The fraction of sp³-hybridized carbons (Fsp3) is 0.333. The van der Waals surface area contributed by atoms with Gasteiger partial charge >= 0.3 is 0 Å². The number of amides is 3. The van der Waals surface area contributed by atoms with Gasteiger partial charge in [0, 0.05) is 37.3 Å². The first kappa shape index (κ1) is 21.5. The molecular formula is C24H27N5O3. The molecule has 0 unspecified atom stereocenters. The Bertz CT molecular complexity index is 1140. The molecule has 1 aromatic heterocycles. The molecule has 0 bridgehead atoms. The van der Waals surface area contributed by atoms with Crippen LogP contribution in [0.25, 0.3) is 11.0 Å². The Kier molecular flexibility index (Phi) is 6.49. The van der Waals surface area contributed by atoms with Crippen LogP contribution in [0.2, 0.25) is 0 Å². The summed E-state index contributed by atoms with van der Waals surface area (Å²) in [5.41, 5.74) is 3.30.